The number of alkyl halides is 4. The van der Waals surface area contributed by atoms with Crippen molar-refractivity contribution in [2.24, 2.45) is 5.73 Å². The summed E-state index contributed by atoms with van der Waals surface area (Å²) in [5.41, 5.74) is 4.29. The van der Waals surface area contributed by atoms with Crippen LogP contribution in [-0.4, -0.2) is 12.5 Å². The highest BCUT2D eigenvalue weighted by Crippen LogP contribution is 2.37. The molecular weight excluding hydrogens is 210 g/mol. The number of benzene rings is 1. The van der Waals surface area contributed by atoms with E-state index in [2.05, 4.69) is 0 Å². The summed E-state index contributed by atoms with van der Waals surface area (Å²) in [7, 11) is 0. The van der Waals surface area contributed by atoms with Gasteiger partial charge in [0, 0.05) is 5.56 Å². The van der Waals surface area contributed by atoms with Crippen LogP contribution in [0.2, 0.25) is 0 Å². The molecule has 0 bridgehead atoms. The maximum atomic E-state index is 13.3. The van der Waals surface area contributed by atoms with Crippen LogP contribution < -0.4 is 5.73 Å². The zero-order chi connectivity index (χ0) is 11.5. The van der Waals surface area contributed by atoms with Crippen molar-refractivity contribution in [3.8, 4) is 0 Å². The fourth-order valence-electron chi connectivity index (χ4n) is 1.18. The van der Waals surface area contributed by atoms with Crippen molar-refractivity contribution in [1.29, 1.82) is 0 Å². The highest BCUT2D eigenvalue weighted by Gasteiger charge is 2.43. The summed E-state index contributed by atoms with van der Waals surface area (Å²) in [6.45, 7) is -1.07. The van der Waals surface area contributed by atoms with Crippen LogP contribution in [0.3, 0.4) is 0 Å². The van der Waals surface area contributed by atoms with Gasteiger partial charge in [0.05, 0.1) is 13.0 Å². The summed E-state index contributed by atoms with van der Waals surface area (Å²) in [5.74, 6) is -7.09. The molecule has 0 fully saturated rings. The molecule has 0 aliphatic heterocycles. The van der Waals surface area contributed by atoms with Crippen LogP contribution in [0, 0.1) is 0 Å². The Morgan fingerprint density at radius 1 is 1.00 bits per heavy atom. The van der Waals surface area contributed by atoms with Gasteiger partial charge in [0.25, 0.3) is 11.8 Å². The minimum atomic E-state index is -3.55. The van der Waals surface area contributed by atoms with Gasteiger partial charge in [-0.05, 0) is 0 Å². The Bertz CT molecular complexity index is 310. The normalized spacial score (nSPS) is 12.9. The van der Waals surface area contributed by atoms with Crippen molar-refractivity contribution in [2.75, 3.05) is 6.54 Å². The molecule has 0 atom stereocenters. The monoisotopic (exact) mass is 221 g/mol. The molecule has 84 valence electrons. The van der Waals surface area contributed by atoms with E-state index >= 15 is 0 Å². The maximum absolute atomic E-state index is 13.3. The van der Waals surface area contributed by atoms with E-state index in [0.29, 0.717) is 0 Å². The summed E-state index contributed by atoms with van der Waals surface area (Å²) in [6, 6.07) is 6.54. The second-order valence-corrected chi connectivity index (χ2v) is 3.31. The van der Waals surface area contributed by atoms with Gasteiger partial charge in [-0.3, -0.25) is 0 Å². The van der Waals surface area contributed by atoms with E-state index in [1.54, 1.807) is 6.07 Å². The predicted molar refractivity (Wildman–Crippen MR) is 49.0 cm³/mol. The van der Waals surface area contributed by atoms with Gasteiger partial charge in [-0.25, -0.2) is 17.6 Å². The summed E-state index contributed by atoms with van der Waals surface area (Å²) in [4.78, 5) is 0. The topological polar surface area (TPSA) is 26.0 Å². The molecule has 0 unspecified atom stereocenters. The summed E-state index contributed by atoms with van der Waals surface area (Å²) in [6.07, 6.45) is -1.56. The van der Waals surface area contributed by atoms with Crippen molar-refractivity contribution in [2.45, 2.75) is 18.3 Å². The lowest BCUT2D eigenvalue weighted by molar-refractivity contribution is -0.110. The molecule has 1 rings (SSSR count). The van der Waals surface area contributed by atoms with E-state index in [0.717, 1.165) is 12.1 Å². The third-order valence-electron chi connectivity index (χ3n) is 1.98. The molecule has 0 amide bonds. The van der Waals surface area contributed by atoms with Crippen LogP contribution in [0.4, 0.5) is 17.6 Å². The van der Waals surface area contributed by atoms with Crippen molar-refractivity contribution in [1.82, 2.24) is 0 Å². The zero-order valence-electron chi connectivity index (χ0n) is 7.89. The Balaban J connectivity index is 2.85. The number of halogens is 4. The minimum Gasteiger partial charge on any atom is -0.325 e. The summed E-state index contributed by atoms with van der Waals surface area (Å²) in [5, 5.41) is 0. The van der Waals surface area contributed by atoms with Gasteiger partial charge in [-0.15, -0.1) is 0 Å². The summed E-state index contributed by atoms with van der Waals surface area (Å²) >= 11 is 0. The third kappa shape index (κ3) is 3.20. The Kier molecular flexibility index (Phi) is 3.34. The molecule has 1 nitrogen and oxygen atoms in total. The van der Waals surface area contributed by atoms with Gasteiger partial charge in [-0.1, -0.05) is 30.3 Å². The number of rotatable bonds is 4. The zero-order valence-corrected chi connectivity index (χ0v) is 7.89. The van der Waals surface area contributed by atoms with E-state index in [9.17, 15) is 17.6 Å². The Hall–Kier alpha value is -1.10. The van der Waals surface area contributed by atoms with Crippen molar-refractivity contribution >= 4 is 0 Å². The van der Waals surface area contributed by atoms with Crippen molar-refractivity contribution < 1.29 is 17.6 Å². The van der Waals surface area contributed by atoms with Gasteiger partial charge in [0.2, 0.25) is 0 Å². The van der Waals surface area contributed by atoms with Gasteiger partial charge in [0.1, 0.15) is 0 Å². The maximum Gasteiger partial charge on any atom is 0.279 e. The highest BCUT2D eigenvalue weighted by molar-refractivity contribution is 5.20. The molecule has 1 aromatic rings. The lowest BCUT2D eigenvalue weighted by Gasteiger charge is -2.22. The molecule has 0 saturated carbocycles. The van der Waals surface area contributed by atoms with Crippen LogP contribution >= 0.6 is 0 Å². The molecular formula is C10H11F4N. The lowest BCUT2D eigenvalue weighted by atomic mass is 10.0. The number of hydrogen-bond donors (Lipinski definition) is 1. The lowest BCUT2D eigenvalue weighted by Crippen LogP contribution is -2.34. The van der Waals surface area contributed by atoms with E-state index in [1.165, 1.54) is 12.1 Å². The smallest absolute Gasteiger partial charge is 0.279 e. The van der Waals surface area contributed by atoms with Gasteiger partial charge >= 0.3 is 0 Å². The second kappa shape index (κ2) is 4.18. The van der Waals surface area contributed by atoms with Crippen molar-refractivity contribution in [3.05, 3.63) is 35.9 Å². The van der Waals surface area contributed by atoms with E-state index in [1.807, 2.05) is 0 Å². The second-order valence-electron chi connectivity index (χ2n) is 3.31. The standard InChI is InChI=1S/C10H11F4N/c11-9(12,7-15)6-10(13,14)8-4-2-1-3-5-8/h1-5H,6-7,15H2. The molecule has 0 heterocycles. The van der Waals surface area contributed by atoms with Crippen molar-refractivity contribution in [3.63, 3.8) is 0 Å². The van der Waals surface area contributed by atoms with Gasteiger partial charge < -0.3 is 5.73 Å². The first-order chi connectivity index (χ1) is 6.87. The molecule has 0 aliphatic rings. The third-order valence-corrected chi connectivity index (χ3v) is 1.98. The average Bonchev–Trinajstić information content (AvgIpc) is 2.18. The quantitative estimate of drug-likeness (QED) is 0.777. The largest absolute Gasteiger partial charge is 0.325 e. The molecule has 5 heteroatoms. The molecule has 15 heavy (non-hydrogen) atoms. The fraction of sp³-hybridized carbons (Fsp3) is 0.400. The first kappa shape index (κ1) is 12.0. The number of hydrogen-bond acceptors (Lipinski definition) is 1. The van der Waals surface area contributed by atoms with Crippen LogP contribution in [0.1, 0.15) is 12.0 Å². The Morgan fingerprint density at radius 3 is 2.00 bits per heavy atom. The molecule has 0 aromatic heterocycles. The van der Waals surface area contributed by atoms with Crippen LogP contribution in [0.25, 0.3) is 0 Å². The summed E-state index contributed by atoms with van der Waals surface area (Å²) < 4.78 is 52.1. The first-order valence-corrected chi connectivity index (χ1v) is 4.39. The van der Waals surface area contributed by atoms with E-state index < -0.39 is 30.4 Å². The van der Waals surface area contributed by atoms with E-state index in [4.69, 9.17) is 5.73 Å². The molecule has 2 N–H and O–H groups in total. The van der Waals surface area contributed by atoms with Gasteiger partial charge in [-0.2, -0.15) is 0 Å². The molecule has 0 saturated heterocycles. The Morgan fingerprint density at radius 2 is 1.53 bits per heavy atom. The number of nitrogens with two attached hydrogens (primary N) is 1. The average molecular weight is 221 g/mol. The molecule has 0 radical (unpaired) electrons. The highest BCUT2D eigenvalue weighted by atomic mass is 19.3. The fourth-order valence-corrected chi connectivity index (χ4v) is 1.18. The molecule has 0 spiro atoms. The SMILES string of the molecule is NCC(F)(F)CC(F)(F)c1ccccc1. The molecule has 1 aromatic carbocycles. The van der Waals surface area contributed by atoms with Crippen LogP contribution in [-0.2, 0) is 5.92 Å². The Labute approximate surface area is 84.9 Å². The van der Waals surface area contributed by atoms with Crippen LogP contribution in [0.15, 0.2) is 30.3 Å². The first-order valence-electron chi connectivity index (χ1n) is 4.39. The van der Waals surface area contributed by atoms with Gasteiger partial charge in [0.15, 0.2) is 0 Å². The molecule has 0 aliphatic carbocycles. The predicted octanol–water partition coefficient (Wildman–Crippen LogP) is 2.76. The minimum absolute atomic E-state index is 0.418. The van der Waals surface area contributed by atoms with Crippen LogP contribution in [0.5, 0.6) is 0 Å². The van der Waals surface area contributed by atoms with E-state index in [-0.39, 0.29) is 0 Å².